The third-order valence-electron chi connectivity index (χ3n) is 16.8. The fourth-order valence-corrected chi connectivity index (χ4v) is 11.1. The fourth-order valence-electron chi connectivity index (χ4n) is 11.1. The van der Waals surface area contributed by atoms with E-state index in [0.717, 1.165) is 64.2 Å². The third kappa shape index (κ3) is 34.9. The molecule has 0 aromatic heterocycles. The quantitative estimate of drug-likeness (QED) is 0.0199. The molecule has 1 amide bonds. The van der Waals surface area contributed by atoms with Gasteiger partial charge in [-0.3, -0.25) is 4.79 Å². The number of hydrogen-bond acceptors (Lipinski definition) is 18. The van der Waals surface area contributed by atoms with Gasteiger partial charge < -0.3 is 89.9 Å². The van der Waals surface area contributed by atoms with Crippen LogP contribution in [0.15, 0.2) is 109 Å². The topological polar surface area (TPSA) is 307 Å². The minimum absolute atomic E-state index is 0.149. The van der Waals surface area contributed by atoms with Gasteiger partial charge in [-0.05, 0) is 83.5 Å². The third-order valence-corrected chi connectivity index (χ3v) is 16.8. The molecule has 0 aromatic rings. The maximum Gasteiger partial charge on any atom is 0.220 e. The zero-order valence-corrected chi connectivity index (χ0v) is 55.7. The van der Waals surface area contributed by atoms with E-state index < -0.39 is 131 Å². The molecule has 0 aliphatic carbocycles. The molecule has 3 heterocycles. The number of amides is 1. The van der Waals surface area contributed by atoms with Crippen LogP contribution >= 0.6 is 0 Å². The lowest BCUT2D eigenvalue weighted by atomic mass is 9.96. The average molecular weight is 1300 g/mol. The molecule has 17 unspecified atom stereocenters. The normalized spacial score (nSPS) is 28.4. The summed E-state index contributed by atoms with van der Waals surface area (Å²) in [5.74, 6) is -0.346. The van der Waals surface area contributed by atoms with Crippen molar-refractivity contribution >= 4 is 5.91 Å². The van der Waals surface area contributed by atoms with Crippen molar-refractivity contribution in [1.82, 2.24) is 5.32 Å². The molecule has 92 heavy (non-hydrogen) atoms. The minimum Gasteiger partial charge on any atom is -0.394 e. The summed E-state index contributed by atoms with van der Waals surface area (Å²) in [4.78, 5) is 13.4. The maximum atomic E-state index is 13.4. The van der Waals surface area contributed by atoms with E-state index in [1.807, 2.05) is 12.2 Å². The van der Waals surface area contributed by atoms with Crippen molar-refractivity contribution in [3.63, 3.8) is 0 Å². The van der Waals surface area contributed by atoms with Crippen molar-refractivity contribution in [3.8, 4) is 0 Å². The minimum atomic E-state index is -1.99. The Morgan fingerprint density at radius 3 is 1.22 bits per heavy atom. The average Bonchev–Trinajstić information content (AvgIpc) is 0.838. The Hall–Kier alpha value is -3.55. The van der Waals surface area contributed by atoms with Crippen LogP contribution in [0.25, 0.3) is 0 Å². The van der Waals surface area contributed by atoms with Gasteiger partial charge in [0.25, 0.3) is 0 Å². The van der Waals surface area contributed by atoms with E-state index >= 15 is 0 Å². The number of carbonyl (C=O) groups is 1. The van der Waals surface area contributed by atoms with E-state index in [2.05, 4.69) is 110 Å². The van der Waals surface area contributed by atoms with Crippen LogP contribution in [-0.2, 0) is 33.2 Å². The van der Waals surface area contributed by atoms with Crippen LogP contribution in [0.1, 0.15) is 213 Å². The van der Waals surface area contributed by atoms with Gasteiger partial charge in [-0.25, -0.2) is 0 Å². The molecule has 0 aromatic carbocycles. The number of ether oxygens (including phenoxy) is 6. The van der Waals surface area contributed by atoms with Crippen molar-refractivity contribution in [2.75, 3.05) is 26.4 Å². The van der Waals surface area contributed by atoms with Crippen LogP contribution < -0.4 is 5.32 Å². The second-order valence-corrected chi connectivity index (χ2v) is 24.6. The second-order valence-electron chi connectivity index (χ2n) is 24.6. The summed E-state index contributed by atoms with van der Waals surface area (Å²) in [7, 11) is 0. The number of rotatable bonds is 52. The zero-order chi connectivity index (χ0) is 66.8. The maximum absolute atomic E-state index is 13.4. The van der Waals surface area contributed by atoms with Gasteiger partial charge in [0.15, 0.2) is 18.9 Å². The van der Waals surface area contributed by atoms with Crippen LogP contribution in [0.3, 0.4) is 0 Å². The smallest absolute Gasteiger partial charge is 0.220 e. The lowest BCUT2D eigenvalue weighted by molar-refractivity contribution is -0.379. The Balaban J connectivity index is 1.48. The first-order chi connectivity index (χ1) is 44.8. The van der Waals surface area contributed by atoms with Crippen LogP contribution in [0.5, 0.6) is 0 Å². The lowest BCUT2D eigenvalue weighted by Gasteiger charge is -2.48. The van der Waals surface area contributed by atoms with Crippen LogP contribution in [0.2, 0.25) is 0 Å². The summed E-state index contributed by atoms with van der Waals surface area (Å²) < 4.78 is 34.3. The number of hydrogen-bond donors (Lipinski definition) is 12. The summed E-state index contributed by atoms with van der Waals surface area (Å²) in [6, 6.07) is -1.03. The molecule has 19 heteroatoms. The number of unbranched alkanes of at least 4 members (excludes halogenated alkanes) is 20. The van der Waals surface area contributed by atoms with E-state index in [0.29, 0.717) is 19.3 Å². The molecule has 3 fully saturated rings. The first kappa shape index (κ1) is 82.7. The summed E-state index contributed by atoms with van der Waals surface area (Å²) in [5, 5.41) is 120. The molecular weight excluding hydrogens is 1180 g/mol. The highest BCUT2D eigenvalue weighted by atomic mass is 16.8. The molecule has 17 atom stereocenters. The van der Waals surface area contributed by atoms with Gasteiger partial charge in [0.2, 0.25) is 5.91 Å². The van der Waals surface area contributed by atoms with Gasteiger partial charge in [0.1, 0.15) is 73.2 Å². The Labute approximate surface area is 551 Å². The van der Waals surface area contributed by atoms with Gasteiger partial charge in [-0.1, -0.05) is 232 Å². The number of carbonyl (C=O) groups excluding carboxylic acids is 1. The molecule has 3 saturated heterocycles. The molecular formula is C73H123NO18. The van der Waals surface area contributed by atoms with Gasteiger partial charge in [0, 0.05) is 6.42 Å². The van der Waals surface area contributed by atoms with Crippen LogP contribution in [0, 0.1) is 0 Å². The standard InChI is InChI=1S/C73H123NO18/c1-3-5-7-9-11-13-15-17-19-21-23-25-27-29-30-32-34-36-38-40-42-44-46-48-50-57(78)56(74-61(79)51-49-47-45-43-41-39-37-35-33-31-28-26-24-22-20-18-16-14-12-10-8-6-4-2)55-87-71-67(85)64(82)69(59(53-76)89-71)92-73-68(86)65(83)70(60(54-77)90-73)91-72-66(84)63(81)62(80)58(52-75)88-72/h6,8,12,14,18,20,24,26,31,33,37,39-40,42-43,45,48,50,56-60,62-73,75-78,80-86H,3-5,7,9-11,13,15-17,19,21-23,25,27-30,32,34-36,38,41,44,46-47,49,51-55H2,1-2H3,(H,74,79)/b8-6-,14-12-,20-18-,26-24-,33-31-,39-37-,42-40+,45-43-,50-48+. The Kier molecular flexibility index (Phi) is 48.1. The summed E-state index contributed by atoms with van der Waals surface area (Å²) in [6.45, 7) is 1.55. The van der Waals surface area contributed by atoms with E-state index in [-0.39, 0.29) is 12.3 Å². The number of nitrogens with one attached hydrogen (secondary N) is 1. The Bertz CT molecular complexity index is 2090. The first-order valence-corrected chi connectivity index (χ1v) is 35.1. The molecule has 19 nitrogen and oxygen atoms in total. The van der Waals surface area contributed by atoms with Crippen molar-refractivity contribution in [1.29, 1.82) is 0 Å². The van der Waals surface area contributed by atoms with Crippen molar-refractivity contribution in [2.24, 2.45) is 0 Å². The number of aliphatic hydroxyl groups is 11. The van der Waals surface area contributed by atoms with Crippen molar-refractivity contribution in [2.45, 2.75) is 317 Å². The molecule has 0 radical (unpaired) electrons. The van der Waals surface area contributed by atoms with E-state index in [4.69, 9.17) is 28.4 Å². The highest BCUT2D eigenvalue weighted by molar-refractivity contribution is 5.76. The van der Waals surface area contributed by atoms with Gasteiger partial charge >= 0.3 is 0 Å². The second kappa shape index (κ2) is 53.6. The van der Waals surface area contributed by atoms with Gasteiger partial charge in [-0.15, -0.1) is 0 Å². The Morgan fingerprint density at radius 2 is 0.761 bits per heavy atom. The van der Waals surface area contributed by atoms with Crippen LogP contribution in [0.4, 0.5) is 0 Å². The fraction of sp³-hybridized carbons (Fsp3) is 0.740. The van der Waals surface area contributed by atoms with E-state index in [9.17, 15) is 61.0 Å². The highest BCUT2D eigenvalue weighted by Crippen LogP contribution is 2.33. The van der Waals surface area contributed by atoms with Crippen molar-refractivity contribution in [3.05, 3.63) is 109 Å². The predicted octanol–water partition coefficient (Wildman–Crippen LogP) is 9.44. The van der Waals surface area contributed by atoms with Gasteiger partial charge in [-0.2, -0.15) is 0 Å². The largest absolute Gasteiger partial charge is 0.394 e. The van der Waals surface area contributed by atoms with Crippen molar-refractivity contribution < 1.29 is 89.4 Å². The van der Waals surface area contributed by atoms with Gasteiger partial charge in [0.05, 0.1) is 38.6 Å². The number of allylic oxidation sites excluding steroid dienone is 17. The van der Waals surface area contributed by atoms with E-state index in [1.54, 1.807) is 6.08 Å². The molecule has 3 aliphatic heterocycles. The molecule has 0 bridgehead atoms. The summed E-state index contributed by atoms with van der Waals surface area (Å²) in [6.07, 6.45) is 45.0. The number of aliphatic hydroxyl groups excluding tert-OH is 11. The molecule has 0 spiro atoms. The monoisotopic (exact) mass is 1300 g/mol. The zero-order valence-electron chi connectivity index (χ0n) is 55.7. The predicted molar refractivity (Wildman–Crippen MR) is 360 cm³/mol. The van der Waals surface area contributed by atoms with E-state index in [1.165, 1.54) is 109 Å². The highest BCUT2D eigenvalue weighted by Gasteiger charge is 2.53. The lowest BCUT2D eigenvalue weighted by Crippen LogP contribution is -2.66. The first-order valence-electron chi connectivity index (χ1n) is 35.1. The molecule has 0 saturated carbocycles. The SMILES string of the molecule is CC/C=C\C/C=C\C/C=C\C/C=C\C/C=C\C/C=C\C/C=C\CCCC(=O)NC(COC1OC(CO)C(OC2OC(CO)C(OC3OC(CO)C(O)C(O)C3O)C(O)C2O)C(O)C1O)C(O)/C=C/CC/C=C/CCCCCCCCCCCCCCCCCCCC. The molecule has 3 rings (SSSR count). The molecule has 12 N–H and O–H groups in total. The Morgan fingerprint density at radius 1 is 0.402 bits per heavy atom. The van der Waals surface area contributed by atoms with Crippen LogP contribution in [-0.4, -0.2) is 193 Å². The molecule has 528 valence electrons. The summed E-state index contributed by atoms with van der Waals surface area (Å²) in [5.41, 5.74) is 0. The molecule has 3 aliphatic rings. The summed E-state index contributed by atoms with van der Waals surface area (Å²) >= 11 is 0.